The number of hydrogen-bond acceptors (Lipinski definition) is 6. The molecule has 116 valence electrons. The molecule has 0 saturated carbocycles. The van der Waals surface area contributed by atoms with Crippen molar-refractivity contribution in [1.29, 1.82) is 0 Å². The Morgan fingerprint density at radius 3 is 3.00 bits per heavy atom. The van der Waals surface area contributed by atoms with Crippen molar-refractivity contribution in [2.45, 2.75) is 25.8 Å². The summed E-state index contributed by atoms with van der Waals surface area (Å²) in [5.41, 5.74) is 1.37. The molecule has 0 aliphatic carbocycles. The number of ether oxygens (including phenoxy) is 1. The highest BCUT2D eigenvalue weighted by atomic mass is 16.5. The van der Waals surface area contributed by atoms with E-state index in [4.69, 9.17) is 4.74 Å². The summed E-state index contributed by atoms with van der Waals surface area (Å²) in [6.07, 6.45) is 1.89. The van der Waals surface area contributed by atoms with Gasteiger partial charge in [-0.1, -0.05) is 0 Å². The third kappa shape index (κ3) is 2.77. The van der Waals surface area contributed by atoms with Crippen LogP contribution in [0.2, 0.25) is 0 Å². The molecule has 2 N–H and O–H groups in total. The lowest BCUT2D eigenvalue weighted by Crippen LogP contribution is -2.35. The van der Waals surface area contributed by atoms with Crippen molar-refractivity contribution >= 4 is 11.6 Å². The van der Waals surface area contributed by atoms with Crippen molar-refractivity contribution in [1.82, 2.24) is 25.5 Å². The van der Waals surface area contributed by atoms with Gasteiger partial charge in [-0.25, -0.2) is 0 Å². The average molecular weight is 302 g/mol. The second-order valence-electron chi connectivity index (χ2n) is 5.16. The van der Waals surface area contributed by atoms with Crippen molar-refractivity contribution in [3.63, 3.8) is 0 Å². The van der Waals surface area contributed by atoms with E-state index >= 15 is 0 Å². The number of benzene rings is 1. The van der Waals surface area contributed by atoms with Crippen LogP contribution in [0.25, 0.3) is 5.69 Å². The van der Waals surface area contributed by atoms with Gasteiger partial charge in [0.25, 0.3) is 0 Å². The Hall–Kier alpha value is -2.48. The number of methoxy groups -OCH3 is 1. The number of nitrogens with zero attached hydrogens (tertiary/aromatic N) is 4. The van der Waals surface area contributed by atoms with Gasteiger partial charge >= 0.3 is 0 Å². The van der Waals surface area contributed by atoms with Crippen LogP contribution < -0.4 is 15.4 Å². The highest BCUT2D eigenvalue weighted by molar-refractivity contribution is 5.95. The quantitative estimate of drug-likeness (QED) is 0.862. The molecular weight excluding hydrogens is 284 g/mol. The van der Waals surface area contributed by atoms with Crippen LogP contribution in [0.1, 0.15) is 18.7 Å². The average Bonchev–Trinajstić information content (AvgIpc) is 3.18. The van der Waals surface area contributed by atoms with E-state index in [1.54, 1.807) is 36.9 Å². The summed E-state index contributed by atoms with van der Waals surface area (Å²) >= 11 is 0. The number of carbonyl (C=O) groups is 1. The van der Waals surface area contributed by atoms with Gasteiger partial charge in [0.15, 0.2) is 5.82 Å². The highest BCUT2D eigenvalue weighted by Gasteiger charge is 2.22. The summed E-state index contributed by atoms with van der Waals surface area (Å²) < 4.78 is 6.91. The van der Waals surface area contributed by atoms with Crippen LogP contribution in [0.3, 0.4) is 0 Å². The first-order valence-corrected chi connectivity index (χ1v) is 7.16. The van der Waals surface area contributed by atoms with Gasteiger partial charge < -0.3 is 15.4 Å². The Kier molecular flexibility index (Phi) is 4.01. The molecule has 1 aromatic heterocycles. The minimum absolute atomic E-state index is 0.0259. The first kappa shape index (κ1) is 14.5. The van der Waals surface area contributed by atoms with Crippen molar-refractivity contribution in [3.8, 4) is 11.4 Å². The Morgan fingerprint density at radius 1 is 1.50 bits per heavy atom. The van der Waals surface area contributed by atoms with Crippen molar-refractivity contribution < 1.29 is 9.53 Å². The van der Waals surface area contributed by atoms with Crippen molar-refractivity contribution in [2.75, 3.05) is 19.0 Å². The van der Waals surface area contributed by atoms with Crippen molar-refractivity contribution in [2.24, 2.45) is 0 Å². The van der Waals surface area contributed by atoms with Gasteiger partial charge in [-0.3, -0.25) is 4.79 Å². The molecule has 1 fully saturated rings. The largest absolute Gasteiger partial charge is 0.494 e. The molecule has 22 heavy (non-hydrogen) atoms. The molecule has 8 heteroatoms. The number of anilines is 1. The normalized spacial score (nSPS) is 17.5. The van der Waals surface area contributed by atoms with Crippen LogP contribution in [0.15, 0.2) is 18.2 Å². The molecule has 1 atom stereocenters. The minimum atomic E-state index is -0.125. The molecule has 8 nitrogen and oxygen atoms in total. The molecule has 2 aromatic rings. The molecule has 1 aliphatic rings. The zero-order valence-electron chi connectivity index (χ0n) is 12.5. The maximum atomic E-state index is 12.2. The number of rotatable bonds is 4. The lowest BCUT2D eigenvalue weighted by atomic mass is 10.2. The molecule has 2 heterocycles. The van der Waals surface area contributed by atoms with Crippen LogP contribution in [0.4, 0.5) is 5.69 Å². The van der Waals surface area contributed by atoms with E-state index in [-0.39, 0.29) is 11.9 Å². The Balaban J connectivity index is 1.87. The molecule has 1 amide bonds. The summed E-state index contributed by atoms with van der Waals surface area (Å²) in [5, 5.41) is 17.5. The van der Waals surface area contributed by atoms with Gasteiger partial charge in [0.1, 0.15) is 11.4 Å². The molecule has 0 spiro atoms. The fraction of sp³-hybridized carbons (Fsp3) is 0.429. The van der Waals surface area contributed by atoms with Crippen LogP contribution in [-0.2, 0) is 4.79 Å². The fourth-order valence-corrected chi connectivity index (χ4v) is 2.53. The Bertz CT molecular complexity index is 678. The molecule has 1 aliphatic heterocycles. The second-order valence-corrected chi connectivity index (χ2v) is 5.16. The molecule has 3 rings (SSSR count). The van der Waals surface area contributed by atoms with E-state index in [1.165, 1.54) is 0 Å². The van der Waals surface area contributed by atoms with Crippen LogP contribution in [-0.4, -0.2) is 45.8 Å². The number of tetrazole rings is 1. The van der Waals surface area contributed by atoms with Gasteiger partial charge in [0.2, 0.25) is 5.91 Å². The zero-order chi connectivity index (χ0) is 15.5. The van der Waals surface area contributed by atoms with Crippen LogP contribution in [0, 0.1) is 6.92 Å². The minimum Gasteiger partial charge on any atom is -0.494 e. The number of amides is 1. The molecular formula is C14H18N6O2. The zero-order valence-corrected chi connectivity index (χ0v) is 12.5. The van der Waals surface area contributed by atoms with Gasteiger partial charge in [-0.05, 0) is 54.9 Å². The number of nitrogens with one attached hydrogen (secondary N) is 2. The fourth-order valence-electron chi connectivity index (χ4n) is 2.53. The van der Waals surface area contributed by atoms with Gasteiger partial charge in [0, 0.05) is 5.69 Å². The number of hydrogen-bond donors (Lipinski definition) is 2. The van der Waals surface area contributed by atoms with E-state index in [0.29, 0.717) is 22.9 Å². The Morgan fingerprint density at radius 2 is 2.36 bits per heavy atom. The number of carbonyl (C=O) groups excluding carboxylic acids is 1. The summed E-state index contributed by atoms with van der Waals surface area (Å²) in [5.74, 6) is 1.24. The van der Waals surface area contributed by atoms with Gasteiger partial charge in [-0.15, -0.1) is 5.10 Å². The van der Waals surface area contributed by atoms with Gasteiger partial charge in [-0.2, -0.15) is 4.68 Å². The number of aryl methyl sites for hydroxylation is 1. The van der Waals surface area contributed by atoms with E-state index in [9.17, 15) is 4.79 Å². The van der Waals surface area contributed by atoms with Crippen LogP contribution >= 0.6 is 0 Å². The summed E-state index contributed by atoms with van der Waals surface area (Å²) in [7, 11) is 1.58. The maximum absolute atomic E-state index is 12.2. The van der Waals surface area contributed by atoms with E-state index < -0.39 is 0 Å². The third-order valence-corrected chi connectivity index (χ3v) is 3.68. The summed E-state index contributed by atoms with van der Waals surface area (Å²) in [6.45, 7) is 2.68. The number of aromatic nitrogens is 4. The Labute approximate surface area is 127 Å². The lowest BCUT2D eigenvalue weighted by Gasteiger charge is -2.14. The molecule has 1 unspecified atom stereocenters. The van der Waals surface area contributed by atoms with Crippen molar-refractivity contribution in [3.05, 3.63) is 24.0 Å². The first-order valence-electron chi connectivity index (χ1n) is 7.16. The van der Waals surface area contributed by atoms with Crippen LogP contribution in [0.5, 0.6) is 5.75 Å². The molecule has 0 radical (unpaired) electrons. The summed E-state index contributed by atoms with van der Waals surface area (Å²) in [6, 6.07) is 5.26. The molecule has 1 aromatic carbocycles. The predicted molar refractivity (Wildman–Crippen MR) is 80.1 cm³/mol. The second kappa shape index (κ2) is 6.10. The maximum Gasteiger partial charge on any atom is 0.241 e. The SMILES string of the molecule is COc1ccc(NC(=O)C2CCCN2)cc1-n1nnnc1C. The predicted octanol–water partition coefficient (Wildman–Crippen LogP) is 0.670. The summed E-state index contributed by atoms with van der Waals surface area (Å²) in [4.78, 5) is 12.2. The first-order chi connectivity index (χ1) is 10.7. The third-order valence-electron chi connectivity index (χ3n) is 3.68. The molecule has 1 saturated heterocycles. The monoisotopic (exact) mass is 302 g/mol. The van der Waals surface area contributed by atoms with Gasteiger partial charge in [0.05, 0.1) is 13.2 Å². The van der Waals surface area contributed by atoms with E-state index in [0.717, 1.165) is 19.4 Å². The standard InChI is InChI=1S/C14H18N6O2/c1-9-17-18-19-20(9)12-8-10(5-6-13(12)22-2)16-14(21)11-4-3-7-15-11/h5-6,8,11,15H,3-4,7H2,1-2H3,(H,16,21). The topological polar surface area (TPSA) is 94.0 Å². The highest BCUT2D eigenvalue weighted by Crippen LogP contribution is 2.26. The van der Waals surface area contributed by atoms with E-state index in [1.807, 2.05) is 0 Å². The lowest BCUT2D eigenvalue weighted by molar-refractivity contribution is -0.117. The van der Waals surface area contributed by atoms with E-state index in [2.05, 4.69) is 26.2 Å². The smallest absolute Gasteiger partial charge is 0.241 e. The molecule has 0 bridgehead atoms.